The van der Waals surface area contributed by atoms with Crippen LogP contribution < -0.4 is 19.5 Å². The maximum Gasteiger partial charge on any atom is 0.226 e. The van der Waals surface area contributed by atoms with E-state index in [1.165, 1.54) is 12.1 Å². The van der Waals surface area contributed by atoms with Crippen LogP contribution in [0, 0.1) is 11.2 Å². The van der Waals surface area contributed by atoms with Gasteiger partial charge in [-0.05, 0) is 79.9 Å². The van der Waals surface area contributed by atoms with Crippen LogP contribution >= 0.6 is 0 Å². The number of carbonyl (C=O) groups excluding carboxylic acids is 1. The van der Waals surface area contributed by atoms with E-state index in [1.807, 2.05) is 50.2 Å². The van der Waals surface area contributed by atoms with Gasteiger partial charge in [-0.1, -0.05) is 13.0 Å². The molecule has 2 atom stereocenters. The third-order valence-electron chi connectivity index (χ3n) is 7.13. The Hall–Kier alpha value is -4.07. The lowest BCUT2D eigenvalue weighted by Gasteiger charge is -2.28. The van der Waals surface area contributed by atoms with Crippen molar-refractivity contribution in [1.29, 1.82) is 0 Å². The molecule has 3 aromatic carbocycles. The third kappa shape index (κ3) is 4.59. The minimum Gasteiger partial charge on any atom is -0.486 e. The lowest BCUT2D eigenvalue weighted by atomic mass is 10.0. The molecule has 0 spiro atoms. The molecule has 7 nitrogen and oxygen atoms in total. The van der Waals surface area contributed by atoms with E-state index in [0.29, 0.717) is 30.5 Å². The number of hydrogen-bond acceptors (Lipinski definition) is 5. The maximum atomic E-state index is 13.4. The molecule has 4 aromatic rings. The number of aromatic nitrogens is 2. The highest BCUT2D eigenvalue weighted by molar-refractivity contribution is 5.85. The van der Waals surface area contributed by atoms with Crippen molar-refractivity contribution in [2.24, 2.45) is 5.41 Å². The zero-order valence-electron chi connectivity index (χ0n) is 20.7. The van der Waals surface area contributed by atoms with Gasteiger partial charge in [0.05, 0.1) is 23.4 Å². The molecule has 1 aliphatic carbocycles. The van der Waals surface area contributed by atoms with E-state index in [1.54, 1.807) is 23.0 Å². The van der Waals surface area contributed by atoms with Crippen LogP contribution in [0.1, 0.15) is 38.4 Å². The van der Waals surface area contributed by atoms with E-state index < -0.39 is 6.10 Å². The number of fused-ring (bicyclic) bond motifs is 2. The summed E-state index contributed by atoms with van der Waals surface area (Å²) in [4.78, 5) is 12.8. The Bertz CT molecular complexity index is 1460. The molecule has 2 heterocycles. The molecular formula is C29H28FN3O4. The average molecular weight is 502 g/mol. The monoisotopic (exact) mass is 501 g/mol. The van der Waals surface area contributed by atoms with Crippen LogP contribution in [-0.2, 0) is 4.79 Å². The second-order valence-electron chi connectivity index (χ2n) is 10.0. The smallest absolute Gasteiger partial charge is 0.226 e. The first-order chi connectivity index (χ1) is 17.9. The van der Waals surface area contributed by atoms with E-state index >= 15 is 0 Å². The van der Waals surface area contributed by atoms with Crippen molar-refractivity contribution in [1.82, 2.24) is 15.1 Å². The van der Waals surface area contributed by atoms with Crippen LogP contribution in [-0.4, -0.2) is 34.9 Å². The lowest BCUT2D eigenvalue weighted by Crippen LogP contribution is -2.42. The van der Waals surface area contributed by atoms with Crippen molar-refractivity contribution >= 4 is 16.8 Å². The summed E-state index contributed by atoms with van der Waals surface area (Å²) in [7, 11) is 0. The average Bonchev–Trinajstić information content (AvgIpc) is 3.53. The standard InChI is InChI=1S/C29H28FN3O4/c1-18(32-28(34)29(2)11-12-29)27(19-3-10-25-26(16-19)36-14-13-35-25)37-23-8-9-24-20(15-23)17-31-33(24)22-6-4-21(30)5-7-22/h3-10,15-18,27H,11-14H2,1-2H3,(H,32,34)/t18-,27-/m0/s1. The van der Waals surface area contributed by atoms with Gasteiger partial charge in [-0.2, -0.15) is 5.10 Å². The molecule has 6 rings (SSSR count). The Morgan fingerprint density at radius 1 is 1.05 bits per heavy atom. The molecule has 0 saturated heterocycles. The first-order valence-electron chi connectivity index (χ1n) is 12.5. The fraction of sp³-hybridized carbons (Fsp3) is 0.310. The first kappa shape index (κ1) is 23.3. The zero-order valence-corrected chi connectivity index (χ0v) is 20.7. The van der Waals surface area contributed by atoms with Gasteiger partial charge in [0, 0.05) is 10.8 Å². The van der Waals surface area contributed by atoms with E-state index in [0.717, 1.165) is 35.0 Å². The largest absolute Gasteiger partial charge is 0.486 e. The Morgan fingerprint density at radius 3 is 2.57 bits per heavy atom. The van der Waals surface area contributed by atoms with Crippen molar-refractivity contribution in [2.45, 2.75) is 38.8 Å². The number of carbonyl (C=O) groups is 1. The van der Waals surface area contributed by atoms with Crippen LogP contribution in [0.3, 0.4) is 0 Å². The summed E-state index contributed by atoms with van der Waals surface area (Å²) >= 11 is 0. The molecule has 0 unspecified atom stereocenters. The van der Waals surface area contributed by atoms with Crippen LogP contribution in [0.4, 0.5) is 4.39 Å². The SMILES string of the molecule is C[C@H](NC(=O)C1(C)CC1)[C@H](Oc1ccc2c(cnn2-c2ccc(F)cc2)c1)c1ccc2c(c1)OCCO2. The number of halogens is 1. The van der Waals surface area contributed by atoms with Crippen LogP contribution in [0.5, 0.6) is 17.2 Å². The number of amides is 1. The maximum absolute atomic E-state index is 13.4. The summed E-state index contributed by atoms with van der Waals surface area (Å²) in [5, 5.41) is 8.53. The van der Waals surface area contributed by atoms with Gasteiger partial charge in [0.2, 0.25) is 5.91 Å². The highest BCUT2D eigenvalue weighted by Crippen LogP contribution is 2.45. The lowest BCUT2D eigenvalue weighted by molar-refractivity contribution is -0.127. The molecule has 190 valence electrons. The summed E-state index contributed by atoms with van der Waals surface area (Å²) in [6.07, 6.45) is 3.08. The van der Waals surface area contributed by atoms with Gasteiger partial charge in [0.25, 0.3) is 0 Å². The molecule has 0 bridgehead atoms. The first-order valence-corrected chi connectivity index (χ1v) is 12.5. The summed E-state index contributed by atoms with van der Waals surface area (Å²) in [5.41, 5.74) is 2.22. The van der Waals surface area contributed by atoms with Crippen molar-refractivity contribution in [3.8, 4) is 22.9 Å². The summed E-state index contributed by atoms with van der Waals surface area (Å²) in [6.45, 7) is 4.95. The molecule has 8 heteroatoms. The predicted octanol–water partition coefficient (Wildman–Crippen LogP) is 5.36. The van der Waals surface area contributed by atoms with Crippen LogP contribution in [0.2, 0.25) is 0 Å². The second-order valence-corrected chi connectivity index (χ2v) is 10.0. The van der Waals surface area contributed by atoms with Crippen molar-refractivity contribution in [2.75, 3.05) is 13.2 Å². The normalized spacial score (nSPS) is 17.2. The molecule has 1 saturated carbocycles. The molecule has 37 heavy (non-hydrogen) atoms. The number of nitrogens with one attached hydrogen (secondary N) is 1. The van der Waals surface area contributed by atoms with Gasteiger partial charge in [0.1, 0.15) is 30.9 Å². The minimum atomic E-state index is -0.466. The number of ether oxygens (including phenoxy) is 3. The Morgan fingerprint density at radius 2 is 1.81 bits per heavy atom. The van der Waals surface area contributed by atoms with Gasteiger partial charge in [-0.25, -0.2) is 9.07 Å². The molecule has 1 aliphatic heterocycles. The van der Waals surface area contributed by atoms with Gasteiger partial charge < -0.3 is 19.5 Å². The van der Waals surface area contributed by atoms with Crippen molar-refractivity contribution in [3.05, 3.63) is 78.2 Å². The molecule has 0 radical (unpaired) electrons. The van der Waals surface area contributed by atoms with Crippen LogP contribution in [0.15, 0.2) is 66.9 Å². The van der Waals surface area contributed by atoms with Gasteiger partial charge in [-0.15, -0.1) is 0 Å². The highest BCUT2D eigenvalue weighted by Gasteiger charge is 2.45. The fourth-order valence-corrected chi connectivity index (χ4v) is 4.59. The van der Waals surface area contributed by atoms with Crippen LogP contribution in [0.25, 0.3) is 16.6 Å². The topological polar surface area (TPSA) is 74.6 Å². The van der Waals surface area contributed by atoms with E-state index in [9.17, 15) is 9.18 Å². The van der Waals surface area contributed by atoms with E-state index in [4.69, 9.17) is 14.2 Å². The molecule has 1 N–H and O–H groups in total. The highest BCUT2D eigenvalue weighted by atomic mass is 19.1. The van der Waals surface area contributed by atoms with Crippen molar-refractivity contribution < 1.29 is 23.4 Å². The number of nitrogens with zero attached hydrogens (tertiary/aromatic N) is 2. The Balaban J connectivity index is 1.31. The quantitative estimate of drug-likeness (QED) is 0.369. The second kappa shape index (κ2) is 9.10. The molecular weight excluding hydrogens is 473 g/mol. The molecule has 1 amide bonds. The number of rotatable bonds is 7. The molecule has 2 aliphatic rings. The van der Waals surface area contributed by atoms with Crippen molar-refractivity contribution in [3.63, 3.8) is 0 Å². The number of hydrogen-bond donors (Lipinski definition) is 1. The Labute approximate surface area is 214 Å². The minimum absolute atomic E-state index is 0.0437. The zero-order chi connectivity index (χ0) is 25.6. The van der Waals surface area contributed by atoms with E-state index in [2.05, 4.69) is 10.4 Å². The molecule has 1 fully saturated rings. The summed E-state index contributed by atoms with van der Waals surface area (Å²) in [5.74, 6) is 1.76. The number of benzene rings is 3. The Kier molecular flexibility index (Phi) is 5.74. The third-order valence-corrected chi connectivity index (χ3v) is 7.13. The summed E-state index contributed by atoms with van der Waals surface area (Å²) in [6, 6.07) is 17.4. The summed E-state index contributed by atoms with van der Waals surface area (Å²) < 4.78 is 33.1. The fourth-order valence-electron chi connectivity index (χ4n) is 4.59. The van der Waals surface area contributed by atoms with E-state index in [-0.39, 0.29) is 23.2 Å². The van der Waals surface area contributed by atoms with Gasteiger partial charge >= 0.3 is 0 Å². The van der Waals surface area contributed by atoms with Gasteiger partial charge in [-0.3, -0.25) is 4.79 Å². The molecule has 1 aromatic heterocycles. The predicted molar refractivity (Wildman–Crippen MR) is 137 cm³/mol. The van der Waals surface area contributed by atoms with Gasteiger partial charge in [0.15, 0.2) is 11.5 Å².